The predicted molar refractivity (Wildman–Crippen MR) is 129 cm³/mol. The molecule has 0 unspecified atom stereocenters. The molecular weight excluding hydrogens is 448 g/mol. The van der Waals surface area contributed by atoms with Gasteiger partial charge < -0.3 is 14.2 Å². The molecule has 166 valence electrons. The Morgan fingerprint density at radius 2 is 1.62 bits per heavy atom. The van der Waals surface area contributed by atoms with Crippen LogP contribution < -0.4 is 19.6 Å². The van der Waals surface area contributed by atoms with Gasteiger partial charge in [0.1, 0.15) is 0 Å². The average Bonchev–Trinajstić information content (AvgIpc) is 2.83. The minimum absolute atomic E-state index is 0.308. The lowest BCUT2D eigenvalue weighted by Crippen LogP contribution is -2.17. The number of hydrazone groups is 1. The normalized spacial score (nSPS) is 10.8. The van der Waals surface area contributed by atoms with Crippen molar-refractivity contribution >= 4 is 35.5 Å². The molecule has 0 aliphatic rings. The fourth-order valence-corrected chi connectivity index (χ4v) is 3.88. The first-order valence-corrected chi connectivity index (χ1v) is 11.0. The Morgan fingerprint density at radius 1 is 0.938 bits per heavy atom. The number of methoxy groups -OCH3 is 3. The average molecular weight is 471 g/mol. The summed E-state index contributed by atoms with van der Waals surface area (Å²) in [5.74, 6) is 1.95. The molecule has 0 atom stereocenters. The van der Waals surface area contributed by atoms with Crippen LogP contribution in [0.1, 0.15) is 21.5 Å². The summed E-state index contributed by atoms with van der Waals surface area (Å²) < 4.78 is 16.0. The summed E-state index contributed by atoms with van der Waals surface area (Å²) in [6, 6.07) is 18.6. The molecular formula is C24H23ClN2O4S. The number of thioether (sulfide) groups is 1. The smallest absolute Gasteiger partial charge is 0.271 e. The SMILES string of the molecule is COc1ccc(/C=N/NC(=O)c2ccc(CSc3ccc(Cl)cc3)cc2)c(OC)c1OC. The standard InChI is InChI=1S/C24H23ClN2O4S/c1-29-21-13-8-18(22(30-2)23(21)31-3)14-26-27-24(28)17-6-4-16(5-7-17)15-32-20-11-9-19(25)10-12-20/h4-14H,15H2,1-3H3,(H,27,28)/b26-14+. The Morgan fingerprint density at radius 3 is 2.25 bits per heavy atom. The molecule has 0 radical (unpaired) electrons. The van der Waals surface area contributed by atoms with E-state index in [0.29, 0.717) is 28.4 Å². The van der Waals surface area contributed by atoms with E-state index in [0.717, 1.165) is 21.2 Å². The lowest BCUT2D eigenvalue weighted by Gasteiger charge is -2.13. The zero-order valence-corrected chi connectivity index (χ0v) is 19.5. The number of ether oxygens (including phenoxy) is 3. The van der Waals surface area contributed by atoms with Gasteiger partial charge in [-0.2, -0.15) is 5.10 Å². The van der Waals surface area contributed by atoms with Crippen molar-refractivity contribution in [3.05, 3.63) is 82.4 Å². The van der Waals surface area contributed by atoms with E-state index in [4.69, 9.17) is 25.8 Å². The van der Waals surface area contributed by atoms with Gasteiger partial charge in [0.15, 0.2) is 11.5 Å². The summed E-state index contributed by atoms with van der Waals surface area (Å²) in [5, 5.41) is 4.77. The molecule has 3 rings (SSSR count). The minimum atomic E-state index is -0.308. The van der Waals surface area contributed by atoms with Crippen molar-refractivity contribution in [2.24, 2.45) is 5.10 Å². The fraction of sp³-hybridized carbons (Fsp3) is 0.167. The quantitative estimate of drug-likeness (QED) is 0.257. The lowest BCUT2D eigenvalue weighted by molar-refractivity contribution is 0.0955. The molecule has 0 saturated heterocycles. The number of halogens is 1. The summed E-state index contributed by atoms with van der Waals surface area (Å²) in [6.07, 6.45) is 1.50. The van der Waals surface area contributed by atoms with Crippen LogP contribution in [0, 0.1) is 0 Å². The first-order valence-electron chi connectivity index (χ1n) is 9.65. The summed E-state index contributed by atoms with van der Waals surface area (Å²) in [4.78, 5) is 13.6. The molecule has 0 aromatic heterocycles. The number of hydrogen-bond acceptors (Lipinski definition) is 6. The van der Waals surface area contributed by atoms with Crippen molar-refractivity contribution in [3.8, 4) is 17.2 Å². The zero-order chi connectivity index (χ0) is 22.9. The maximum Gasteiger partial charge on any atom is 0.271 e. The van der Waals surface area contributed by atoms with Crippen molar-refractivity contribution in [2.45, 2.75) is 10.6 Å². The lowest BCUT2D eigenvalue weighted by atomic mass is 10.1. The van der Waals surface area contributed by atoms with Crippen molar-refractivity contribution in [3.63, 3.8) is 0 Å². The maximum atomic E-state index is 12.4. The van der Waals surface area contributed by atoms with Gasteiger partial charge in [0.2, 0.25) is 5.75 Å². The molecule has 0 bridgehead atoms. The van der Waals surface area contributed by atoms with Crippen molar-refractivity contribution in [1.82, 2.24) is 5.43 Å². The number of benzene rings is 3. The van der Waals surface area contributed by atoms with Gasteiger partial charge in [-0.25, -0.2) is 5.43 Å². The Bertz CT molecular complexity index is 1090. The molecule has 0 fully saturated rings. The Labute approximate surface area is 196 Å². The molecule has 3 aromatic rings. The van der Waals surface area contributed by atoms with Gasteiger partial charge in [0.25, 0.3) is 5.91 Å². The van der Waals surface area contributed by atoms with Crippen LogP contribution in [-0.2, 0) is 5.75 Å². The summed E-state index contributed by atoms with van der Waals surface area (Å²) in [6.45, 7) is 0. The molecule has 0 heterocycles. The zero-order valence-electron chi connectivity index (χ0n) is 17.9. The number of carbonyl (C=O) groups is 1. The van der Waals surface area contributed by atoms with E-state index in [1.165, 1.54) is 20.4 Å². The van der Waals surface area contributed by atoms with Crippen LogP contribution in [-0.4, -0.2) is 33.5 Å². The largest absolute Gasteiger partial charge is 0.493 e. The van der Waals surface area contributed by atoms with Crippen molar-refractivity contribution < 1.29 is 19.0 Å². The van der Waals surface area contributed by atoms with Crippen molar-refractivity contribution in [1.29, 1.82) is 0 Å². The van der Waals surface area contributed by atoms with Crippen molar-refractivity contribution in [2.75, 3.05) is 21.3 Å². The first-order chi connectivity index (χ1) is 15.5. The van der Waals surface area contributed by atoms with E-state index in [-0.39, 0.29) is 5.91 Å². The highest BCUT2D eigenvalue weighted by Gasteiger charge is 2.14. The molecule has 0 aliphatic carbocycles. The highest BCUT2D eigenvalue weighted by molar-refractivity contribution is 7.98. The molecule has 3 aromatic carbocycles. The molecule has 8 heteroatoms. The van der Waals surface area contributed by atoms with E-state index < -0.39 is 0 Å². The topological polar surface area (TPSA) is 69.2 Å². The van der Waals surface area contributed by atoms with E-state index in [2.05, 4.69) is 10.5 Å². The van der Waals surface area contributed by atoms with Crippen LogP contribution in [0.4, 0.5) is 0 Å². The van der Waals surface area contributed by atoms with Crippen LogP contribution in [0.15, 0.2) is 70.7 Å². The number of rotatable bonds is 9. The number of carbonyl (C=O) groups excluding carboxylic acids is 1. The van der Waals surface area contributed by atoms with Crippen LogP contribution in [0.3, 0.4) is 0 Å². The Balaban J connectivity index is 1.60. The van der Waals surface area contributed by atoms with Gasteiger partial charge in [0, 0.05) is 26.8 Å². The fourth-order valence-electron chi connectivity index (χ4n) is 2.90. The van der Waals surface area contributed by atoms with Gasteiger partial charge in [-0.1, -0.05) is 23.7 Å². The Kier molecular flexibility index (Phi) is 8.41. The van der Waals surface area contributed by atoms with Gasteiger partial charge in [-0.3, -0.25) is 4.79 Å². The van der Waals surface area contributed by atoms with E-state index in [9.17, 15) is 4.79 Å². The molecule has 6 nitrogen and oxygen atoms in total. The number of amides is 1. The van der Waals surface area contributed by atoms with Crippen LogP contribution >= 0.6 is 23.4 Å². The first kappa shape index (κ1) is 23.5. The van der Waals surface area contributed by atoms with Gasteiger partial charge in [-0.05, 0) is 54.1 Å². The molecule has 1 amide bonds. The second kappa shape index (κ2) is 11.5. The molecule has 0 spiro atoms. The van der Waals surface area contributed by atoms with Gasteiger partial charge in [-0.15, -0.1) is 11.8 Å². The Hall–Kier alpha value is -3.16. The minimum Gasteiger partial charge on any atom is -0.493 e. The molecule has 1 N–H and O–H groups in total. The van der Waals surface area contributed by atoms with Gasteiger partial charge >= 0.3 is 0 Å². The maximum absolute atomic E-state index is 12.4. The van der Waals surface area contributed by atoms with Crippen LogP contribution in [0.5, 0.6) is 17.2 Å². The highest BCUT2D eigenvalue weighted by atomic mass is 35.5. The summed E-state index contributed by atoms with van der Waals surface area (Å²) in [5.41, 5.74) is 4.80. The second-order valence-electron chi connectivity index (χ2n) is 6.56. The molecule has 0 saturated carbocycles. The number of nitrogens with one attached hydrogen (secondary N) is 1. The van der Waals surface area contributed by atoms with Crippen LogP contribution in [0.2, 0.25) is 5.02 Å². The van der Waals surface area contributed by atoms with E-state index >= 15 is 0 Å². The van der Waals surface area contributed by atoms with Crippen LogP contribution in [0.25, 0.3) is 0 Å². The van der Waals surface area contributed by atoms with E-state index in [1.54, 1.807) is 43.1 Å². The number of hydrogen-bond donors (Lipinski definition) is 1. The predicted octanol–water partition coefficient (Wildman–Crippen LogP) is 5.42. The highest BCUT2D eigenvalue weighted by Crippen LogP contribution is 2.39. The number of nitrogens with zero attached hydrogens (tertiary/aromatic N) is 1. The second-order valence-corrected chi connectivity index (χ2v) is 8.05. The molecule has 0 aliphatic heterocycles. The monoisotopic (exact) mass is 470 g/mol. The molecule has 32 heavy (non-hydrogen) atoms. The van der Waals surface area contributed by atoms with Gasteiger partial charge in [0.05, 0.1) is 27.5 Å². The summed E-state index contributed by atoms with van der Waals surface area (Å²) >= 11 is 7.62. The third-order valence-electron chi connectivity index (χ3n) is 4.54. The van der Waals surface area contributed by atoms with E-state index in [1.807, 2.05) is 36.4 Å². The summed E-state index contributed by atoms with van der Waals surface area (Å²) in [7, 11) is 4.60. The third kappa shape index (κ3) is 5.96. The third-order valence-corrected chi connectivity index (χ3v) is 5.87.